The van der Waals surface area contributed by atoms with Gasteiger partial charge in [-0.05, 0) is 33.6 Å². The number of rotatable bonds is 2. The average molecular weight is 288 g/mol. The molecule has 0 aliphatic carbocycles. The number of carbonyl (C=O) groups excluding carboxylic acids is 1. The lowest BCUT2D eigenvalue weighted by atomic mass is 10.2. The smallest absolute Gasteiger partial charge is 0.276 e. The third-order valence-corrected chi connectivity index (χ3v) is 2.18. The Morgan fingerprint density at radius 2 is 2.14 bits per heavy atom. The van der Waals surface area contributed by atoms with Gasteiger partial charge in [0.2, 0.25) is 0 Å². The lowest BCUT2D eigenvalue weighted by molar-refractivity contribution is 0.107. The Hall–Kier alpha value is -0.620. The molecule has 0 unspecified atom stereocenters. The molecular formula is C7H2BrClF3NO. The van der Waals surface area contributed by atoms with Crippen LogP contribution < -0.4 is 0 Å². The second kappa shape index (κ2) is 4.27. The van der Waals surface area contributed by atoms with Crippen molar-refractivity contribution >= 4 is 32.8 Å². The molecule has 0 saturated heterocycles. The zero-order chi connectivity index (χ0) is 10.9. The topological polar surface area (TPSA) is 30.0 Å². The fourth-order valence-corrected chi connectivity index (χ4v) is 1.51. The molecule has 76 valence electrons. The molecule has 0 atom stereocenters. The van der Waals surface area contributed by atoms with Crippen LogP contribution in [0.2, 0.25) is 0 Å². The van der Waals surface area contributed by atoms with Gasteiger partial charge in [0, 0.05) is 0 Å². The maximum absolute atomic E-state index is 12.9. The summed E-state index contributed by atoms with van der Waals surface area (Å²) in [5.41, 5.74) is -1.30. The van der Waals surface area contributed by atoms with Gasteiger partial charge in [-0.25, -0.2) is 18.2 Å². The second-order valence-electron chi connectivity index (χ2n) is 2.27. The molecule has 0 amide bonds. The first-order valence-corrected chi connectivity index (χ1v) is 4.44. The van der Waals surface area contributed by atoms with Crippen LogP contribution in [0.15, 0.2) is 10.7 Å². The Balaban J connectivity index is 3.31. The Morgan fingerprint density at radius 1 is 1.57 bits per heavy atom. The van der Waals surface area contributed by atoms with Gasteiger partial charge in [0.15, 0.2) is 5.82 Å². The largest absolute Gasteiger partial charge is 0.283 e. The van der Waals surface area contributed by atoms with E-state index in [4.69, 9.17) is 11.6 Å². The van der Waals surface area contributed by atoms with Gasteiger partial charge in [0.1, 0.15) is 10.3 Å². The Bertz CT molecular complexity index is 385. The molecule has 1 aromatic heterocycles. The standard InChI is InChI=1S/C7H2BrClF3NO/c8-5-2(6(9)14)1-3(10)4(13-5)7(11)12/h1,7H. The van der Waals surface area contributed by atoms with Crippen LogP contribution in [0.3, 0.4) is 0 Å². The van der Waals surface area contributed by atoms with E-state index in [1.807, 2.05) is 0 Å². The maximum atomic E-state index is 12.9. The molecule has 0 aliphatic rings. The van der Waals surface area contributed by atoms with Crippen LogP contribution in [0.25, 0.3) is 0 Å². The second-order valence-corrected chi connectivity index (χ2v) is 3.36. The SMILES string of the molecule is O=C(Cl)c1cc(F)c(C(F)F)nc1Br. The molecule has 1 rings (SSSR count). The average Bonchev–Trinajstić information content (AvgIpc) is 2.07. The molecule has 14 heavy (non-hydrogen) atoms. The van der Waals surface area contributed by atoms with E-state index in [0.717, 1.165) is 0 Å². The van der Waals surface area contributed by atoms with E-state index in [0.29, 0.717) is 6.07 Å². The number of hydrogen-bond acceptors (Lipinski definition) is 2. The minimum Gasteiger partial charge on any atom is -0.276 e. The summed E-state index contributed by atoms with van der Waals surface area (Å²) in [4.78, 5) is 13.8. The van der Waals surface area contributed by atoms with Crippen LogP contribution in [0.4, 0.5) is 13.2 Å². The number of carbonyl (C=O) groups is 1. The van der Waals surface area contributed by atoms with E-state index in [1.165, 1.54) is 0 Å². The highest BCUT2D eigenvalue weighted by atomic mass is 79.9. The van der Waals surface area contributed by atoms with Crippen LogP contribution in [0, 0.1) is 5.82 Å². The summed E-state index contributed by atoms with van der Waals surface area (Å²) in [5, 5.41) is -0.968. The zero-order valence-electron chi connectivity index (χ0n) is 6.40. The number of pyridine rings is 1. The number of aromatic nitrogens is 1. The van der Waals surface area contributed by atoms with Gasteiger partial charge in [-0.3, -0.25) is 4.79 Å². The van der Waals surface area contributed by atoms with E-state index >= 15 is 0 Å². The molecule has 1 heterocycles. The van der Waals surface area contributed by atoms with Crippen molar-refractivity contribution in [2.75, 3.05) is 0 Å². The summed E-state index contributed by atoms with van der Waals surface area (Å²) in [5.74, 6) is -1.26. The van der Waals surface area contributed by atoms with Crippen molar-refractivity contribution in [3.8, 4) is 0 Å². The van der Waals surface area contributed by atoms with E-state index in [2.05, 4.69) is 20.9 Å². The number of halogens is 5. The van der Waals surface area contributed by atoms with Crippen molar-refractivity contribution in [3.63, 3.8) is 0 Å². The summed E-state index contributed by atoms with van der Waals surface area (Å²) in [6.07, 6.45) is -3.04. The molecule has 0 N–H and O–H groups in total. The minimum atomic E-state index is -3.04. The quantitative estimate of drug-likeness (QED) is 0.617. The van der Waals surface area contributed by atoms with Crippen molar-refractivity contribution in [2.45, 2.75) is 6.43 Å². The Morgan fingerprint density at radius 3 is 2.57 bits per heavy atom. The highest BCUT2D eigenvalue weighted by molar-refractivity contribution is 9.10. The first-order valence-electron chi connectivity index (χ1n) is 3.27. The molecular weight excluding hydrogens is 286 g/mol. The Labute approximate surface area is 90.2 Å². The van der Waals surface area contributed by atoms with E-state index in [1.54, 1.807) is 0 Å². The first-order chi connectivity index (χ1) is 6.43. The van der Waals surface area contributed by atoms with Gasteiger partial charge in [0.25, 0.3) is 11.7 Å². The Kier molecular flexibility index (Phi) is 3.49. The van der Waals surface area contributed by atoms with Gasteiger partial charge in [-0.2, -0.15) is 0 Å². The molecule has 0 aromatic carbocycles. The molecule has 0 aliphatic heterocycles. The summed E-state index contributed by atoms with van der Waals surface area (Å²) in [6, 6.07) is 0.619. The molecule has 0 bridgehead atoms. The summed E-state index contributed by atoms with van der Waals surface area (Å²) >= 11 is 7.78. The third-order valence-electron chi connectivity index (χ3n) is 1.38. The maximum Gasteiger partial charge on any atom is 0.283 e. The normalized spacial score (nSPS) is 10.7. The summed E-state index contributed by atoms with van der Waals surface area (Å²) in [6.45, 7) is 0. The number of nitrogens with zero attached hydrogens (tertiary/aromatic N) is 1. The molecule has 0 fully saturated rings. The van der Waals surface area contributed by atoms with Gasteiger partial charge in [-0.1, -0.05) is 0 Å². The molecule has 0 radical (unpaired) electrons. The lowest BCUT2D eigenvalue weighted by Crippen LogP contribution is -2.02. The van der Waals surface area contributed by atoms with Gasteiger partial charge >= 0.3 is 0 Å². The molecule has 0 saturated carbocycles. The van der Waals surface area contributed by atoms with Crippen molar-refractivity contribution in [1.29, 1.82) is 0 Å². The van der Waals surface area contributed by atoms with E-state index < -0.39 is 23.2 Å². The van der Waals surface area contributed by atoms with Gasteiger partial charge in [0.05, 0.1) is 5.56 Å². The predicted octanol–water partition coefficient (Wildman–Crippen LogP) is 3.30. The van der Waals surface area contributed by atoms with Crippen LogP contribution >= 0.6 is 27.5 Å². The summed E-state index contributed by atoms with van der Waals surface area (Å²) in [7, 11) is 0. The number of hydrogen-bond donors (Lipinski definition) is 0. The van der Waals surface area contributed by atoms with Crippen molar-refractivity contribution in [1.82, 2.24) is 4.98 Å². The van der Waals surface area contributed by atoms with Crippen LogP contribution in [0.5, 0.6) is 0 Å². The summed E-state index contributed by atoms with van der Waals surface area (Å²) < 4.78 is 36.9. The first kappa shape index (κ1) is 11.5. The van der Waals surface area contributed by atoms with E-state index in [-0.39, 0.29) is 10.2 Å². The van der Waals surface area contributed by atoms with Gasteiger partial charge < -0.3 is 0 Å². The van der Waals surface area contributed by atoms with Gasteiger partial charge in [-0.15, -0.1) is 0 Å². The fourth-order valence-electron chi connectivity index (χ4n) is 0.770. The molecule has 0 spiro atoms. The molecule has 7 heteroatoms. The monoisotopic (exact) mass is 287 g/mol. The highest BCUT2D eigenvalue weighted by Gasteiger charge is 2.20. The van der Waals surface area contributed by atoms with Crippen LogP contribution in [-0.2, 0) is 0 Å². The molecule has 1 aromatic rings. The fraction of sp³-hybridized carbons (Fsp3) is 0.143. The minimum absolute atomic E-state index is 0.200. The van der Waals surface area contributed by atoms with Crippen molar-refractivity contribution < 1.29 is 18.0 Å². The van der Waals surface area contributed by atoms with Crippen LogP contribution in [-0.4, -0.2) is 10.2 Å². The van der Waals surface area contributed by atoms with E-state index in [9.17, 15) is 18.0 Å². The van der Waals surface area contributed by atoms with Crippen molar-refractivity contribution in [2.24, 2.45) is 0 Å². The highest BCUT2D eigenvalue weighted by Crippen LogP contribution is 2.25. The van der Waals surface area contributed by atoms with Crippen molar-refractivity contribution in [3.05, 3.63) is 27.7 Å². The third kappa shape index (κ3) is 2.24. The lowest BCUT2D eigenvalue weighted by Gasteiger charge is -2.03. The van der Waals surface area contributed by atoms with Crippen LogP contribution in [0.1, 0.15) is 22.5 Å². The number of alkyl halides is 2. The molecule has 2 nitrogen and oxygen atoms in total. The predicted molar refractivity (Wildman–Crippen MR) is 47.0 cm³/mol. The zero-order valence-corrected chi connectivity index (χ0v) is 8.74.